The number of carbonyl (C=O) groups is 1. The molecule has 0 aliphatic heterocycles. The first-order valence-electron chi connectivity index (χ1n) is 8.97. The topological polar surface area (TPSA) is 86.5 Å². The Morgan fingerprint density at radius 1 is 1.22 bits per heavy atom. The Hall–Kier alpha value is -1.84. The van der Waals surface area contributed by atoms with E-state index in [0.717, 1.165) is 0 Å². The van der Waals surface area contributed by atoms with Crippen molar-refractivity contribution in [3.8, 4) is 0 Å². The molecule has 1 heterocycles. The summed E-state index contributed by atoms with van der Waals surface area (Å²) in [5.41, 5.74) is -1.06. The standard InChI is InChI=1S/C17H22F3N3O4/c1-14(2,3)26-13(24)22-16-6-15(7-16,8-16)12-21-11(23-27-12)9-4-10(5-9)25-17(18,19)20/h9-10H,4-8H2,1-3H3,(H,22,24). The number of alkyl carbamates (subject to hydrolysis) is 1. The summed E-state index contributed by atoms with van der Waals surface area (Å²) in [6.07, 6.45) is -3.33. The van der Waals surface area contributed by atoms with Gasteiger partial charge in [-0.15, -0.1) is 13.2 Å². The van der Waals surface area contributed by atoms with Crippen LogP contribution in [0.1, 0.15) is 70.5 Å². The average Bonchev–Trinajstić information content (AvgIpc) is 2.81. The van der Waals surface area contributed by atoms with Crippen LogP contribution in [0.2, 0.25) is 0 Å². The van der Waals surface area contributed by atoms with Crippen LogP contribution in [0, 0.1) is 0 Å². The second kappa shape index (κ2) is 5.59. The van der Waals surface area contributed by atoms with Crippen molar-refractivity contribution < 1.29 is 32.0 Å². The molecule has 2 bridgehead atoms. The highest BCUT2D eigenvalue weighted by Gasteiger charge is 2.72. The van der Waals surface area contributed by atoms with Crippen LogP contribution in [0.4, 0.5) is 18.0 Å². The minimum Gasteiger partial charge on any atom is -0.444 e. The van der Waals surface area contributed by atoms with E-state index in [-0.39, 0.29) is 29.7 Å². The number of nitrogens with one attached hydrogen (secondary N) is 1. The molecule has 1 aromatic rings. The Morgan fingerprint density at radius 3 is 2.41 bits per heavy atom. The number of hydrogen-bond donors (Lipinski definition) is 1. The maximum absolute atomic E-state index is 12.2. The molecule has 0 unspecified atom stereocenters. The Morgan fingerprint density at radius 2 is 1.85 bits per heavy atom. The fourth-order valence-electron chi connectivity index (χ4n) is 4.35. The molecule has 1 N–H and O–H groups in total. The van der Waals surface area contributed by atoms with Gasteiger partial charge in [-0.1, -0.05) is 5.16 Å². The summed E-state index contributed by atoms with van der Waals surface area (Å²) < 4.78 is 51.2. The van der Waals surface area contributed by atoms with E-state index in [0.29, 0.717) is 31.0 Å². The van der Waals surface area contributed by atoms with Crippen molar-refractivity contribution in [3.63, 3.8) is 0 Å². The SMILES string of the molecule is CC(C)(C)OC(=O)NC12CC(c3nc(C4CC(OC(F)(F)F)C4)no3)(C1)C2. The third-order valence-corrected chi connectivity index (χ3v) is 5.45. The van der Waals surface area contributed by atoms with Crippen molar-refractivity contribution in [2.24, 2.45) is 0 Å². The van der Waals surface area contributed by atoms with E-state index < -0.39 is 24.2 Å². The summed E-state index contributed by atoms with van der Waals surface area (Å²) in [4.78, 5) is 16.3. The van der Waals surface area contributed by atoms with Crippen LogP contribution in [0.5, 0.6) is 0 Å². The Balaban J connectivity index is 1.28. The van der Waals surface area contributed by atoms with E-state index in [1.54, 1.807) is 20.8 Å². The number of hydrogen-bond acceptors (Lipinski definition) is 6. The number of halogens is 3. The quantitative estimate of drug-likeness (QED) is 0.848. The van der Waals surface area contributed by atoms with Gasteiger partial charge >= 0.3 is 12.5 Å². The molecule has 5 rings (SSSR count). The van der Waals surface area contributed by atoms with Crippen LogP contribution >= 0.6 is 0 Å². The van der Waals surface area contributed by atoms with E-state index in [1.807, 2.05) is 0 Å². The second-order valence-corrected chi connectivity index (χ2v) is 9.03. The average molecular weight is 389 g/mol. The fourth-order valence-corrected chi connectivity index (χ4v) is 4.35. The minimum atomic E-state index is -4.61. The summed E-state index contributed by atoms with van der Waals surface area (Å²) in [5.74, 6) is 0.771. The first-order valence-corrected chi connectivity index (χ1v) is 8.97. The summed E-state index contributed by atoms with van der Waals surface area (Å²) in [7, 11) is 0. The van der Waals surface area contributed by atoms with E-state index in [9.17, 15) is 18.0 Å². The number of rotatable bonds is 4. The number of ether oxygens (including phenoxy) is 2. The number of amides is 1. The highest BCUT2D eigenvalue weighted by atomic mass is 19.4. The molecule has 7 nitrogen and oxygen atoms in total. The lowest BCUT2D eigenvalue weighted by Gasteiger charge is -2.68. The van der Waals surface area contributed by atoms with Gasteiger partial charge in [-0.05, 0) is 52.9 Å². The van der Waals surface area contributed by atoms with E-state index >= 15 is 0 Å². The van der Waals surface area contributed by atoms with Gasteiger partial charge < -0.3 is 14.6 Å². The van der Waals surface area contributed by atoms with Crippen molar-refractivity contribution in [2.45, 2.75) is 87.8 Å². The molecule has 0 aromatic carbocycles. The maximum Gasteiger partial charge on any atom is 0.522 e. The minimum absolute atomic E-state index is 0.170. The van der Waals surface area contributed by atoms with Gasteiger partial charge in [-0.2, -0.15) is 4.98 Å². The summed E-state index contributed by atoms with van der Waals surface area (Å²) >= 11 is 0. The molecule has 4 saturated carbocycles. The van der Waals surface area contributed by atoms with Gasteiger partial charge in [0.25, 0.3) is 0 Å². The molecule has 150 valence electrons. The molecular weight excluding hydrogens is 367 g/mol. The van der Waals surface area contributed by atoms with Crippen LogP contribution in [-0.2, 0) is 14.9 Å². The van der Waals surface area contributed by atoms with Gasteiger partial charge in [0.1, 0.15) is 5.60 Å². The van der Waals surface area contributed by atoms with Gasteiger partial charge in [0, 0.05) is 11.5 Å². The molecule has 0 saturated heterocycles. The van der Waals surface area contributed by atoms with Gasteiger partial charge in [0.05, 0.1) is 11.5 Å². The van der Waals surface area contributed by atoms with Gasteiger partial charge in [-0.3, -0.25) is 4.74 Å². The molecule has 4 aliphatic rings. The Kier molecular flexibility index (Phi) is 3.83. The highest BCUT2D eigenvalue weighted by Crippen LogP contribution is 2.67. The molecule has 1 amide bonds. The van der Waals surface area contributed by atoms with Crippen LogP contribution in [-0.4, -0.2) is 39.8 Å². The third-order valence-electron chi connectivity index (χ3n) is 5.45. The molecule has 0 spiro atoms. The van der Waals surface area contributed by atoms with Gasteiger partial charge in [0.15, 0.2) is 5.82 Å². The van der Waals surface area contributed by atoms with Crippen molar-refractivity contribution in [3.05, 3.63) is 11.7 Å². The molecule has 27 heavy (non-hydrogen) atoms. The summed E-state index contributed by atoms with van der Waals surface area (Å²) in [5, 5.41) is 6.85. The summed E-state index contributed by atoms with van der Waals surface area (Å²) in [6.45, 7) is 5.42. The van der Waals surface area contributed by atoms with Crippen LogP contribution in [0.25, 0.3) is 0 Å². The predicted molar refractivity (Wildman–Crippen MR) is 84.8 cm³/mol. The maximum atomic E-state index is 12.2. The smallest absolute Gasteiger partial charge is 0.444 e. The van der Waals surface area contributed by atoms with E-state index in [1.165, 1.54) is 0 Å². The van der Waals surface area contributed by atoms with Crippen molar-refractivity contribution >= 4 is 6.09 Å². The molecule has 4 aliphatic carbocycles. The fraction of sp³-hybridized carbons (Fsp3) is 0.824. The van der Waals surface area contributed by atoms with Gasteiger partial charge in [-0.25, -0.2) is 4.79 Å². The van der Waals surface area contributed by atoms with Crippen molar-refractivity contribution in [2.75, 3.05) is 0 Å². The van der Waals surface area contributed by atoms with Crippen LogP contribution in [0.3, 0.4) is 0 Å². The third kappa shape index (κ3) is 3.51. The number of carbonyl (C=O) groups excluding carboxylic acids is 1. The molecular formula is C17H22F3N3O4. The zero-order valence-corrected chi connectivity index (χ0v) is 15.4. The van der Waals surface area contributed by atoms with Gasteiger partial charge in [0.2, 0.25) is 5.89 Å². The van der Waals surface area contributed by atoms with Crippen molar-refractivity contribution in [1.82, 2.24) is 15.5 Å². The first-order chi connectivity index (χ1) is 12.4. The molecule has 0 radical (unpaired) electrons. The monoisotopic (exact) mass is 389 g/mol. The van der Waals surface area contributed by atoms with Crippen LogP contribution < -0.4 is 5.32 Å². The lowest BCUT2D eigenvalue weighted by atomic mass is 9.39. The predicted octanol–water partition coefficient (Wildman–Crippen LogP) is 3.55. The normalized spacial score (nSPS) is 34.9. The lowest BCUT2D eigenvalue weighted by Crippen LogP contribution is -2.77. The highest BCUT2D eigenvalue weighted by molar-refractivity contribution is 5.70. The first kappa shape index (κ1) is 18.5. The van der Waals surface area contributed by atoms with E-state index in [2.05, 4.69) is 20.2 Å². The zero-order chi connectivity index (χ0) is 19.7. The number of aromatic nitrogens is 2. The molecule has 0 atom stereocenters. The largest absolute Gasteiger partial charge is 0.522 e. The second-order valence-electron chi connectivity index (χ2n) is 9.03. The molecule has 1 aromatic heterocycles. The molecule has 4 fully saturated rings. The van der Waals surface area contributed by atoms with Crippen molar-refractivity contribution in [1.29, 1.82) is 0 Å². The summed E-state index contributed by atoms with van der Waals surface area (Å²) in [6, 6.07) is 0. The number of nitrogens with zero attached hydrogens (tertiary/aromatic N) is 2. The molecule has 10 heteroatoms. The zero-order valence-electron chi connectivity index (χ0n) is 15.4. The lowest BCUT2D eigenvalue weighted by molar-refractivity contribution is -0.352. The Bertz CT molecular complexity index is 730. The van der Waals surface area contributed by atoms with Crippen LogP contribution in [0.15, 0.2) is 4.52 Å². The Labute approximate surface area is 154 Å². The van der Waals surface area contributed by atoms with E-state index in [4.69, 9.17) is 9.26 Å². The number of alkyl halides is 3.